The van der Waals surface area contributed by atoms with Gasteiger partial charge in [0.2, 0.25) is 0 Å². The van der Waals surface area contributed by atoms with Gasteiger partial charge >= 0.3 is 17.9 Å². The number of rotatable bonds is 5. The van der Waals surface area contributed by atoms with Crippen molar-refractivity contribution in [2.24, 2.45) is 0 Å². The maximum absolute atomic E-state index is 11.4. The Kier molecular flexibility index (Phi) is 5.32. The molecule has 0 saturated carbocycles. The van der Waals surface area contributed by atoms with Crippen molar-refractivity contribution in [3.8, 4) is 0 Å². The Morgan fingerprint density at radius 2 is 1.78 bits per heavy atom. The van der Waals surface area contributed by atoms with Crippen LogP contribution in [0, 0.1) is 0 Å². The third-order valence-electron chi connectivity index (χ3n) is 3.19. The summed E-state index contributed by atoms with van der Waals surface area (Å²) in [5, 5.41) is 6.55. The first kappa shape index (κ1) is 16.9. The average molecular weight is 326 g/mol. The maximum Gasteiger partial charge on any atom is 0.303 e. The number of nitrogens with one attached hydrogen (secondary N) is 1. The Bertz CT molecular complexity index is 572. The Morgan fingerprint density at radius 1 is 1.13 bits per heavy atom. The summed E-state index contributed by atoms with van der Waals surface area (Å²) < 4.78 is 21.2. The molecule has 0 aromatic carbocycles. The molecule has 1 fully saturated rings. The molecule has 2 rings (SSSR count). The number of nitrogens with zero attached hydrogens (tertiary/aromatic N) is 1. The topological polar surface area (TPSA) is 117 Å². The zero-order valence-electron chi connectivity index (χ0n) is 13.0. The van der Waals surface area contributed by atoms with E-state index in [1.54, 1.807) is 6.07 Å². The quantitative estimate of drug-likeness (QED) is 0.605. The van der Waals surface area contributed by atoms with E-state index >= 15 is 0 Å². The molecule has 1 aliphatic heterocycles. The summed E-state index contributed by atoms with van der Waals surface area (Å²) in [6.45, 7) is 3.60. The van der Waals surface area contributed by atoms with E-state index in [0.29, 0.717) is 5.69 Å². The summed E-state index contributed by atoms with van der Waals surface area (Å²) in [4.78, 5) is 33.8. The summed E-state index contributed by atoms with van der Waals surface area (Å²) in [5.74, 6) is -1.61. The van der Waals surface area contributed by atoms with E-state index in [1.807, 2.05) is 0 Å². The van der Waals surface area contributed by atoms with E-state index in [2.05, 4.69) is 10.2 Å². The molecule has 0 bridgehead atoms. The zero-order valence-corrected chi connectivity index (χ0v) is 13.0. The van der Waals surface area contributed by atoms with Crippen molar-refractivity contribution in [1.82, 2.24) is 10.2 Å². The van der Waals surface area contributed by atoms with Gasteiger partial charge in [-0.1, -0.05) is 0 Å². The number of hydrogen-bond donors (Lipinski definition) is 1. The van der Waals surface area contributed by atoms with Gasteiger partial charge in [0, 0.05) is 27.0 Å². The maximum atomic E-state index is 11.4. The number of carbonyl (C=O) groups is 3. The fourth-order valence-corrected chi connectivity index (χ4v) is 2.39. The van der Waals surface area contributed by atoms with Crippen molar-refractivity contribution in [2.45, 2.75) is 45.2 Å². The fraction of sp³-hybridized carbons (Fsp3) is 0.571. The van der Waals surface area contributed by atoms with Crippen molar-refractivity contribution in [2.75, 3.05) is 6.61 Å². The predicted octanol–water partition coefficient (Wildman–Crippen LogP) is 0.276. The molecule has 0 amide bonds. The number of aromatic nitrogens is 2. The molecule has 23 heavy (non-hydrogen) atoms. The van der Waals surface area contributed by atoms with Crippen LogP contribution >= 0.6 is 0 Å². The van der Waals surface area contributed by atoms with Gasteiger partial charge in [0.1, 0.15) is 18.8 Å². The van der Waals surface area contributed by atoms with Gasteiger partial charge in [0.25, 0.3) is 0 Å². The molecule has 0 radical (unpaired) electrons. The summed E-state index contributed by atoms with van der Waals surface area (Å²) >= 11 is 0. The molecular formula is C14H18N2O7. The highest BCUT2D eigenvalue weighted by atomic mass is 16.6. The standard InChI is InChI=1S/C14H18N2O7/c1-7(17)20-6-11-13(21-8(2)18)14(22-9(3)19)12(23-11)10-4-5-15-16-10/h4-5,11-14H,6H2,1-3H3,(H,15,16)/t11-,12+,13-,14+/m1/s1. The number of esters is 3. The number of carbonyl (C=O) groups excluding carboxylic acids is 3. The molecule has 0 aliphatic carbocycles. The molecule has 1 aromatic rings. The highest BCUT2D eigenvalue weighted by Gasteiger charge is 2.50. The monoisotopic (exact) mass is 326 g/mol. The van der Waals surface area contributed by atoms with Crippen molar-refractivity contribution in [3.63, 3.8) is 0 Å². The molecule has 0 spiro atoms. The second-order valence-corrected chi connectivity index (χ2v) is 5.06. The number of aromatic amines is 1. The highest BCUT2D eigenvalue weighted by Crippen LogP contribution is 2.36. The molecule has 2 heterocycles. The number of hydrogen-bond acceptors (Lipinski definition) is 8. The van der Waals surface area contributed by atoms with Gasteiger partial charge in [-0.25, -0.2) is 0 Å². The molecule has 1 saturated heterocycles. The fourth-order valence-electron chi connectivity index (χ4n) is 2.39. The van der Waals surface area contributed by atoms with Crippen LogP contribution in [0.1, 0.15) is 32.6 Å². The zero-order chi connectivity index (χ0) is 17.0. The molecule has 4 atom stereocenters. The molecule has 0 unspecified atom stereocenters. The van der Waals surface area contributed by atoms with E-state index in [0.717, 1.165) is 0 Å². The van der Waals surface area contributed by atoms with Gasteiger partial charge < -0.3 is 18.9 Å². The van der Waals surface area contributed by atoms with Crippen LogP contribution in [0.15, 0.2) is 12.3 Å². The molecule has 126 valence electrons. The Morgan fingerprint density at radius 3 is 2.30 bits per heavy atom. The molecule has 1 N–H and O–H groups in total. The van der Waals surface area contributed by atoms with Gasteiger partial charge in [-0.2, -0.15) is 5.10 Å². The molecule has 1 aliphatic rings. The smallest absolute Gasteiger partial charge is 0.303 e. The van der Waals surface area contributed by atoms with Crippen molar-refractivity contribution in [3.05, 3.63) is 18.0 Å². The van der Waals surface area contributed by atoms with Crippen LogP contribution in [-0.4, -0.2) is 53.0 Å². The van der Waals surface area contributed by atoms with E-state index in [4.69, 9.17) is 18.9 Å². The van der Waals surface area contributed by atoms with E-state index in [1.165, 1.54) is 27.0 Å². The first-order valence-corrected chi connectivity index (χ1v) is 7.01. The van der Waals surface area contributed by atoms with Gasteiger partial charge in [-0.15, -0.1) is 0 Å². The Hall–Kier alpha value is -2.42. The van der Waals surface area contributed by atoms with Crippen LogP contribution in [0.3, 0.4) is 0 Å². The predicted molar refractivity (Wildman–Crippen MR) is 73.9 cm³/mol. The van der Waals surface area contributed by atoms with Crippen molar-refractivity contribution < 1.29 is 33.3 Å². The van der Waals surface area contributed by atoms with Crippen molar-refractivity contribution in [1.29, 1.82) is 0 Å². The normalized spacial score (nSPS) is 26.6. The van der Waals surface area contributed by atoms with E-state index < -0.39 is 42.3 Å². The van der Waals surface area contributed by atoms with E-state index in [-0.39, 0.29) is 6.61 Å². The second kappa shape index (κ2) is 7.23. The van der Waals surface area contributed by atoms with E-state index in [9.17, 15) is 14.4 Å². The van der Waals surface area contributed by atoms with Crippen LogP contribution in [0.4, 0.5) is 0 Å². The summed E-state index contributed by atoms with van der Waals surface area (Å²) in [7, 11) is 0. The van der Waals surface area contributed by atoms with Crippen molar-refractivity contribution >= 4 is 17.9 Å². The molecule has 1 aromatic heterocycles. The lowest BCUT2D eigenvalue weighted by Gasteiger charge is -2.23. The van der Waals surface area contributed by atoms with Gasteiger partial charge in [-0.05, 0) is 6.07 Å². The Balaban J connectivity index is 2.25. The van der Waals surface area contributed by atoms with Gasteiger partial charge in [0.15, 0.2) is 12.2 Å². The Labute approximate surface area is 132 Å². The summed E-state index contributed by atoms with van der Waals surface area (Å²) in [6, 6.07) is 1.65. The summed E-state index contributed by atoms with van der Waals surface area (Å²) in [5.41, 5.74) is 0.554. The van der Waals surface area contributed by atoms with Crippen LogP contribution in [-0.2, 0) is 33.3 Å². The average Bonchev–Trinajstić information content (AvgIpc) is 3.05. The number of H-pyrrole nitrogens is 1. The third-order valence-corrected chi connectivity index (χ3v) is 3.19. The molecular weight excluding hydrogens is 308 g/mol. The first-order valence-electron chi connectivity index (χ1n) is 7.01. The highest BCUT2D eigenvalue weighted by molar-refractivity contribution is 5.68. The first-order chi connectivity index (χ1) is 10.9. The van der Waals surface area contributed by atoms with Crippen LogP contribution in [0.25, 0.3) is 0 Å². The van der Waals surface area contributed by atoms with Crippen LogP contribution in [0.5, 0.6) is 0 Å². The number of ether oxygens (including phenoxy) is 4. The van der Waals surface area contributed by atoms with Gasteiger partial charge in [-0.3, -0.25) is 19.5 Å². The second-order valence-electron chi connectivity index (χ2n) is 5.06. The molecule has 9 nitrogen and oxygen atoms in total. The summed E-state index contributed by atoms with van der Waals surface area (Å²) in [6.07, 6.45) is -1.74. The minimum atomic E-state index is -0.899. The SMILES string of the molecule is CC(=O)OC[C@H]1O[C@@H](c2ccn[nH]2)[C@H](OC(C)=O)[C@@H]1OC(C)=O. The third kappa shape index (κ3) is 4.28. The minimum Gasteiger partial charge on any atom is -0.463 e. The lowest BCUT2D eigenvalue weighted by atomic mass is 10.1. The minimum absolute atomic E-state index is 0.129. The lowest BCUT2D eigenvalue weighted by molar-refractivity contribution is -0.165. The lowest BCUT2D eigenvalue weighted by Crippen LogP contribution is -2.40. The largest absolute Gasteiger partial charge is 0.463 e. The van der Waals surface area contributed by atoms with Crippen LogP contribution < -0.4 is 0 Å². The van der Waals surface area contributed by atoms with Crippen LogP contribution in [0.2, 0.25) is 0 Å². The van der Waals surface area contributed by atoms with Gasteiger partial charge in [0.05, 0.1) is 5.69 Å². The molecule has 9 heteroatoms.